The van der Waals surface area contributed by atoms with Crippen LogP contribution in [0.25, 0.3) is 0 Å². The van der Waals surface area contributed by atoms with Gasteiger partial charge in [0.15, 0.2) is 0 Å². The van der Waals surface area contributed by atoms with E-state index in [4.69, 9.17) is 11.6 Å². The van der Waals surface area contributed by atoms with Gasteiger partial charge in [-0.1, -0.05) is 17.7 Å². The highest BCUT2D eigenvalue weighted by Crippen LogP contribution is 2.23. The molecule has 5 nitrogen and oxygen atoms in total. The number of carbonyl (C=O) groups excluding carboxylic acids is 2. The van der Waals surface area contributed by atoms with Crippen LogP contribution in [0, 0.1) is 0 Å². The number of hydrogen-bond donors (Lipinski definition) is 2. The maximum Gasteiger partial charge on any atom is 0.243 e. The summed E-state index contributed by atoms with van der Waals surface area (Å²) in [5.74, 6) is -0.00233. The van der Waals surface area contributed by atoms with E-state index in [1.54, 1.807) is 29.2 Å². The van der Waals surface area contributed by atoms with Gasteiger partial charge >= 0.3 is 0 Å². The van der Waals surface area contributed by atoms with E-state index in [0.717, 1.165) is 24.3 Å². The van der Waals surface area contributed by atoms with E-state index in [1.807, 2.05) is 24.3 Å². The van der Waals surface area contributed by atoms with Crippen LogP contribution in [0.1, 0.15) is 12.8 Å². The van der Waals surface area contributed by atoms with Crippen molar-refractivity contribution in [3.8, 4) is 0 Å². The monoisotopic (exact) mass is 343 g/mol. The first-order chi connectivity index (χ1) is 11.6. The summed E-state index contributed by atoms with van der Waals surface area (Å²) in [7, 11) is 0. The zero-order valence-electron chi connectivity index (χ0n) is 13.1. The molecule has 0 bridgehead atoms. The fourth-order valence-electron chi connectivity index (χ4n) is 2.63. The van der Waals surface area contributed by atoms with Gasteiger partial charge in [0.05, 0.1) is 6.54 Å². The Morgan fingerprint density at radius 3 is 2.58 bits per heavy atom. The summed E-state index contributed by atoms with van der Waals surface area (Å²) in [5, 5.41) is 6.45. The number of nitrogens with zero attached hydrogens (tertiary/aromatic N) is 1. The zero-order valence-corrected chi connectivity index (χ0v) is 13.8. The van der Waals surface area contributed by atoms with Crippen LogP contribution in [0.15, 0.2) is 48.5 Å². The van der Waals surface area contributed by atoms with Crippen LogP contribution in [0.3, 0.4) is 0 Å². The third-order valence-corrected chi connectivity index (χ3v) is 4.05. The van der Waals surface area contributed by atoms with Gasteiger partial charge in [-0.25, -0.2) is 0 Å². The van der Waals surface area contributed by atoms with Crippen molar-refractivity contribution in [3.63, 3.8) is 0 Å². The molecule has 1 fully saturated rings. The molecule has 1 aliphatic rings. The van der Waals surface area contributed by atoms with Gasteiger partial charge in [-0.3, -0.25) is 9.59 Å². The molecule has 0 aliphatic carbocycles. The smallest absolute Gasteiger partial charge is 0.243 e. The highest BCUT2D eigenvalue weighted by atomic mass is 35.5. The number of benzene rings is 2. The molecule has 2 aromatic rings. The SMILES string of the molecule is O=C(CNc1cccc(Cl)c1)Nc1ccc(N2CCCC2=O)cc1. The summed E-state index contributed by atoms with van der Waals surface area (Å²) in [5.41, 5.74) is 2.36. The molecule has 2 amide bonds. The zero-order chi connectivity index (χ0) is 16.9. The average molecular weight is 344 g/mol. The molecule has 2 aromatic carbocycles. The minimum atomic E-state index is -0.153. The first kappa shape index (κ1) is 16.3. The molecule has 0 atom stereocenters. The normalized spacial score (nSPS) is 13.9. The fourth-order valence-corrected chi connectivity index (χ4v) is 2.82. The Balaban J connectivity index is 1.53. The fraction of sp³-hybridized carbons (Fsp3) is 0.222. The second-order valence-electron chi connectivity index (χ2n) is 5.61. The molecule has 24 heavy (non-hydrogen) atoms. The van der Waals surface area contributed by atoms with Crippen LogP contribution in [-0.2, 0) is 9.59 Å². The van der Waals surface area contributed by atoms with Crippen molar-refractivity contribution in [2.75, 3.05) is 28.6 Å². The van der Waals surface area contributed by atoms with Gasteiger partial charge in [0.1, 0.15) is 0 Å². The summed E-state index contributed by atoms with van der Waals surface area (Å²) in [6.07, 6.45) is 1.50. The topological polar surface area (TPSA) is 61.4 Å². The second kappa shape index (κ2) is 7.36. The largest absolute Gasteiger partial charge is 0.376 e. The minimum absolute atomic E-state index is 0.146. The van der Waals surface area contributed by atoms with Crippen LogP contribution in [0.2, 0.25) is 5.02 Å². The second-order valence-corrected chi connectivity index (χ2v) is 6.04. The predicted molar refractivity (Wildman–Crippen MR) is 96.6 cm³/mol. The predicted octanol–water partition coefficient (Wildman–Crippen LogP) is 3.52. The number of carbonyl (C=O) groups is 2. The van der Waals surface area contributed by atoms with Crippen molar-refractivity contribution >= 4 is 40.5 Å². The number of anilines is 3. The molecule has 0 spiro atoms. The lowest BCUT2D eigenvalue weighted by molar-refractivity contribution is -0.117. The standard InChI is InChI=1S/C18H18ClN3O2/c19-13-3-1-4-15(11-13)20-12-17(23)21-14-6-8-16(9-7-14)22-10-2-5-18(22)24/h1,3-4,6-9,11,20H,2,5,10,12H2,(H,21,23). The van der Waals surface area contributed by atoms with E-state index < -0.39 is 0 Å². The van der Waals surface area contributed by atoms with Crippen LogP contribution in [-0.4, -0.2) is 24.9 Å². The Labute approximate surface area is 145 Å². The van der Waals surface area contributed by atoms with Gasteiger partial charge in [-0.05, 0) is 48.9 Å². The van der Waals surface area contributed by atoms with Gasteiger partial charge in [-0.2, -0.15) is 0 Å². The highest BCUT2D eigenvalue weighted by molar-refractivity contribution is 6.30. The van der Waals surface area contributed by atoms with E-state index in [0.29, 0.717) is 17.1 Å². The molecular formula is C18H18ClN3O2. The molecule has 6 heteroatoms. The summed E-state index contributed by atoms with van der Waals surface area (Å²) >= 11 is 5.90. The first-order valence-electron chi connectivity index (χ1n) is 7.81. The first-order valence-corrected chi connectivity index (χ1v) is 8.19. The third kappa shape index (κ3) is 4.06. The number of rotatable bonds is 5. The van der Waals surface area contributed by atoms with Gasteiger partial charge in [0.2, 0.25) is 11.8 Å². The van der Waals surface area contributed by atoms with Crippen molar-refractivity contribution in [2.45, 2.75) is 12.8 Å². The molecule has 1 aliphatic heterocycles. The summed E-state index contributed by atoms with van der Waals surface area (Å²) in [6.45, 7) is 0.904. The van der Waals surface area contributed by atoms with E-state index in [-0.39, 0.29) is 18.4 Å². The quantitative estimate of drug-likeness (QED) is 0.873. The highest BCUT2D eigenvalue weighted by Gasteiger charge is 2.21. The van der Waals surface area contributed by atoms with Crippen LogP contribution in [0.5, 0.6) is 0 Å². The summed E-state index contributed by atoms with van der Waals surface area (Å²) in [6, 6.07) is 14.5. The lowest BCUT2D eigenvalue weighted by atomic mass is 10.2. The molecule has 124 valence electrons. The summed E-state index contributed by atoms with van der Waals surface area (Å²) in [4.78, 5) is 25.5. The third-order valence-electron chi connectivity index (χ3n) is 3.81. The van der Waals surface area contributed by atoms with Gasteiger partial charge in [0.25, 0.3) is 0 Å². The van der Waals surface area contributed by atoms with Crippen LogP contribution in [0.4, 0.5) is 17.1 Å². The van der Waals surface area contributed by atoms with E-state index in [9.17, 15) is 9.59 Å². The van der Waals surface area contributed by atoms with Crippen molar-refractivity contribution in [2.24, 2.45) is 0 Å². The average Bonchev–Trinajstić information content (AvgIpc) is 3.00. The number of nitrogens with one attached hydrogen (secondary N) is 2. The molecule has 0 unspecified atom stereocenters. The van der Waals surface area contributed by atoms with Gasteiger partial charge in [-0.15, -0.1) is 0 Å². The Morgan fingerprint density at radius 1 is 1.12 bits per heavy atom. The Kier molecular flexibility index (Phi) is 5.01. The Bertz CT molecular complexity index is 746. The number of amides is 2. The van der Waals surface area contributed by atoms with Gasteiger partial charge in [0, 0.05) is 35.1 Å². The molecule has 3 rings (SSSR count). The van der Waals surface area contributed by atoms with E-state index >= 15 is 0 Å². The number of halogens is 1. The van der Waals surface area contributed by atoms with E-state index in [2.05, 4.69) is 10.6 Å². The van der Waals surface area contributed by atoms with E-state index in [1.165, 1.54) is 0 Å². The van der Waals surface area contributed by atoms with Crippen LogP contribution >= 0.6 is 11.6 Å². The summed E-state index contributed by atoms with van der Waals surface area (Å²) < 4.78 is 0. The van der Waals surface area contributed by atoms with Crippen molar-refractivity contribution < 1.29 is 9.59 Å². The lowest BCUT2D eigenvalue weighted by Crippen LogP contribution is -2.24. The molecule has 1 saturated heterocycles. The maximum absolute atomic E-state index is 12.0. The van der Waals surface area contributed by atoms with Crippen molar-refractivity contribution in [3.05, 3.63) is 53.6 Å². The van der Waals surface area contributed by atoms with Gasteiger partial charge < -0.3 is 15.5 Å². The van der Waals surface area contributed by atoms with Crippen LogP contribution < -0.4 is 15.5 Å². The molecular weight excluding hydrogens is 326 g/mol. The van der Waals surface area contributed by atoms with Crippen molar-refractivity contribution in [1.82, 2.24) is 0 Å². The molecule has 0 saturated carbocycles. The maximum atomic E-state index is 12.0. The minimum Gasteiger partial charge on any atom is -0.376 e. The molecule has 1 heterocycles. The Morgan fingerprint density at radius 2 is 1.92 bits per heavy atom. The molecule has 2 N–H and O–H groups in total. The molecule has 0 aromatic heterocycles. The number of hydrogen-bond acceptors (Lipinski definition) is 3. The molecule has 0 radical (unpaired) electrons. The Hall–Kier alpha value is -2.53. The van der Waals surface area contributed by atoms with Crippen molar-refractivity contribution in [1.29, 1.82) is 0 Å². The lowest BCUT2D eigenvalue weighted by Gasteiger charge is -2.16.